The Bertz CT molecular complexity index is 1060. The summed E-state index contributed by atoms with van der Waals surface area (Å²) in [4.78, 5) is 15.8. The van der Waals surface area contributed by atoms with E-state index in [1.807, 2.05) is 23.7 Å². The van der Waals surface area contributed by atoms with Crippen molar-refractivity contribution in [3.8, 4) is 11.4 Å². The minimum absolute atomic E-state index is 0.0472. The number of nitrogens with zero attached hydrogens (tertiary/aromatic N) is 2. The summed E-state index contributed by atoms with van der Waals surface area (Å²) in [5, 5.41) is 14.7. The zero-order valence-electron chi connectivity index (χ0n) is 11.9. The Morgan fingerprint density at radius 2 is 1.86 bits per heavy atom. The van der Waals surface area contributed by atoms with Crippen LogP contribution in [-0.4, -0.2) is 19.9 Å². The van der Waals surface area contributed by atoms with Crippen molar-refractivity contribution >= 4 is 21.8 Å². The van der Waals surface area contributed by atoms with Crippen molar-refractivity contribution in [2.75, 3.05) is 0 Å². The summed E-state index contributed by atoms with van der Waals surface area (Å²) in [5.74, 6) is 0.230. The summed E-state index contributed by atoms with van der Waals surface area (Å²) in [6.07, 6.45) is 1.78. The van der Waals surface area contributed by atoms with Gasteiger partial charge < -0.3 is 5.11 Å². The second-order valence-electron chi connectivity index (χ2n) is 5.27. The molecule has 0 saturated heterocycles. The van der Waals surface area contributed by atoms with Crippen LogP contribution in [0.1, 0.15) is 5.69 Å². The van der Waals surface area contributed by atoms with Gasteiger partial charge in [-0.05, 0) is 43.3 Å². The molecule has 2 heterocycles. The van der Waals surface area contributed by atoms with Gasteiger partial charge in [0.15, 0.2) is 5.43 Å². The number of hydrogen-bond acceptors (Lipinski definition) is 3. The summed E-state index contributed by atoms with van der Waals surface area (Å²) < 4.78 is 1.94. The molecule has 0 amide bonds. The lowest BCUT2D eigenvalue weighted by Gasteiger charge is -2.05. The van der Waals surface area contributed by atoms with E-state index in [9.17, 15) is 9.90 Å². The van der Waals surface area contributed by atoms with Crippen LogP contribution in [0.4, 0.5) is 0 Å². The SMILES string of the molecule is Cc1c2cnc3cc(=O)ccc3c2[nH]n1-c1ccc(O)cc1. The number of fused-ring (bicyclic) bond motifs is 3. The monoisotopic (exact) mass is 291 g/mol. The highest BCUT2D eigenvalue weighted by molar-refractivity contribution is 6.03. The summed E-state index contributed by atoms with van der Waals surface area (Å²) in [6.45, 7) is 2.00. The largest absolute Gasteiger partial charge is 0.508 e. The molecule has 0 unspecified atom stereocenters. The maximum absolute atomic E-state index is 11.5. The Kier molecular flexibility index (Phi) is 2.56. The zero-order chi connectivity index (χ0) is 15.3. The van der Waals surface area contributed by atoms with Crippen LogP contribution in [0.2, 0.25) is 0 Å². The number of H-pyrrole nitrogens is 1. The first-order valence-electron chi connectivity index (χ1n) is 6.93. The van der Waals surface area contributed by atoms with E-state index in [2.05, 4.69) is 10.1 Å². The Labute approximate surface area is 125 Å². The van der Waals surface area contributed by atoms with E-state index in [0.717, 1.165) is 27.7 Å². The highest BCUT2D eigenvalue weighted by Crippen LogP contribution is 2.26. The lowest BCUT2D eigenvalue weighted by Crippen LogP contribution is -1.98. The van der Waals surface area contributed by atoms with Gasteiger partial charge in [-0.1, -0.05) is 0 Å². The zero-order valence-corrected chi connectivity index (χ0v) is 11.9. The third-order valence-electron chi connectivity index (χ3n) is 3.90. The Morgan fingerprint density at radius 3 is 2.64 bits per heavy atom. The maximum Gasteiger partial charge on any atom is 0.180 e. The van der Waals surface area contributed by atoms with Crippen LogP contribution in [0.5, 0.6) is 5.75 Å². The van der Waals surface area contributed by atoms with E-state index >= 15 is 0 Å². The van der Waals surface area contributed by atoms with Crippen molar-refractivity contribution < 1.29 is 5.11 Å². The third-order valence-corrected chi connectivity index (χ3v) is 3.90. The summed E-state index contributed by atoms with van der Waals surface area (Å²) in [7, 11) is 0. The summed E-state index contributed by atoms with van der Waals surface area (Å²) in [5.41, 5.74) is 3.50. The number of aromatic amines is 1. The average Bonchev–Trinajstić information content (AvgIpc) is 2.85. The number of pyridine rings is 1. The van der Waals surface area contributed by atoms with Gasteiger partial charge in [-0.3, -0.25) is 19.6 Å². The van der Waals surface area contributed by atoms with E-state index in [1.54, 1.807) is 30.5 Å². The van der Waals surface area contributed by atoms with Crippen LogP contribution in [0.3, 0.4) is 0 Å². The van der Waals surface area contributed by atoms with E-state index in [-0.39, 0.29) is 11.2 Å². The summed E-state index contributed by atoms with van der Waals surface area (Å²) >= 11 is 0. The fourth-order valence-corrected chi connectivity index (χ4v) is 2.74. The first-order chi connectivity index (χ1) is 10.6. The number of rotatable bonds is 1. The molecule has 4 rings (SSSR count). The quantitative estimate of drug-likeness (QED) is 0.566. The fraction of sp³-hybridized carbons (Fsp3) is 0.0588. The molecule has 5 nitrogen and oxygen atoms in total. The van der Waals surface area contributed by atoms with Gasteiger partial charge in [0.2, 0.25) is 0 Å². The number of aromatic hydroxyl groups is 1. The number of aryl methyl sites for hydroxylation is 1. The third kappa shape index (κ3) is 1.79. The van der Waals surface area contributed by atoms with Crippen LogP contribution in [-0.2, 0) is 0 Å². The molecule has 4 aromatic rings. The molecular weight excluding hydrogens is 278 g/mol. The Morgan fingerprint density at radius 1 is 1.09 bits per heavy atom. The van der Waals surface area contributed by atoms with Crippen LogP contribution in [0.25, 0.3) is 27.5 Å². The predicted octanol–water partition coefficient (Wildman–Crippen LogP) is 2.88. The van der Waals surface area contributed by atoms with Crippen molar-refractivity contribution in [3.05, 3.63) is 64.6 Å². The molecule has 5 heteroatoms. The van der Waals surface area contributed by atoms with Crippen LogP contribution < -0.4 is 5.43 Å². The molecule has 108 valence electrons. The predicted molar refractivity (Wildman–Crippen MR) is 85.6 cm³/mol. The van der Waals surface area contributed by atoms with Crippen molar-refractivity contribution in [2.24, 2.45) is 0 Å². The number of aromatic nitrogens is 3. The molecule has 0 aliphatic rings. The fourth-order valence-electron chi connectivity index (χ4n) is 2.74. The molecule has 0 saturated carbocycles. The van der Waals surface area contributed by atoms with Gasteiger partial charge >= 0.3 is 0 Å². The molecule has 0 radical (unpaired) electrons. The van der Waals surface area contributed by atoms with Crippen molar-refractivity contribution in [1.82, 2.24) is 14.8 Å². The van der Waals surface area contributed by atoms with Gasteiger partial charge in [0, 0.05) is 28.7 Å². The van der Waals surface area contributed by atoms with Gasteiger partial charge in [-0.2, -0.15) is 0 Å². The minimum Gasteiger partial charge on any atom is -0.508 e. The second kappa shape index (κ2) is 4.46. The first kappa shape index (κ1) is 12.6. The highest BCUT2D eigenvalue weighted by atomic mass is 16.3. The molecule has 2 aromatic heterocycles. The van der Waals surface area contributed by atoms with E-state index in [1.165, 1.54) is 6.07 Å². The first-order valence-corrected chi connectivity index (χ1v) is 6.93. The molecule has 0 spiro atoms. The van der Waals surface area contributed by atoms with Gasteiger partial charge in [-0.25, -0.2) is 0 Å². The minimum atomic E-state index is -0.0472. The maximum atomic E-state index is 11.5. The van der Waals surface area contributed by atoms with Gasteiger partial charge in [0.1, 0.15) is 5.75 Å². The van der Waals surface area contributed by atoms with Crippen LogP contribution in [0, 0.1) is 6.92 Å². The molecule has 0 fully saturated rings. The number of phenolic OH excluding ortho intramolecular Hbond substituents is 1. The lowest BCUT2D eigenvalue weighted by molar-refractivity contribution is 0.475. The molecule has 2 N–H and O–H groups in total. The van der Waals surface area contributed by atoms with E-state index in [4.69, 9.17) is 0 Å². The highest BCUT2D eigenvalue weighted by Gasteiger charge is 2.11. The van der Waals surface area contributed by atoms with Gasteiger partial charge in [0.25, 0.3) is 0 Å². The molecular formula is C17H13N3O2. The molecule has 22 heavy (non-hydrogen) atoms. The topological polar surface area (TPSA) is 70.9 Å². The lowest BCUT2D eigenvalue weighted by atomic mass is 10.1. The van der Waals surface area contributed by atoms with Gasteiger partial charge in [-0.15, -0.1) is 0 Å². The van der Waals surface area contributed by atoms with E-state index < -0.39 is 0 Å². The molecule has 0 aliphatic carbocycles. The number of phenols is 1. The number of hydrogen-bond donors (Lipinski definition) is 2. The normalized spacial score (nSPS) is 11.3. The molecule has 0 aliphatic heterocycles. The summed E-state index contributed by atoms with van der Waals surface area (Å²) in [6, 6.07) is 11.8. The Hall–Kier alpha value is -3.08. The van der Waals surface area contributed by atoms with Crippen LogP contribution >= 0.6 is 0 Å². The average molecular weight is 291 g/mol. The molecule has 0 bridgehead atoms. The number of benzene rings is 2. The smallest absolute Gasteiger partial charge is 0.180 e. The van der Waals surface area contributed by atoms with Crippen molar-refractivity contribution in [1.29, 1.82) is 0 Å². The van der Waals surface area contributed by atoms with Crippen molar-refractivity contribution in [3.63, 3.8) is 0 Å². The standard InChI is InChI=1S/C17H13N3O2/c1-10-15-9-18-16-8-13(22)6-7-14(16)17(15)19-20(10)11-2-4-12(21)5-3-11/h2-9,19,21H,1H3. The Balaban J connectivity index is 2.05. The van der Waals surface area contributed by atoms with E-state index in [0.29, 0.717) is 5.52 Å². The van der Waals surface area contributed by atoms with Crippen LogP contribution in [0.15, 0.2) is 53.5 Å². The second-order valence-corrected chi connectivity index (χ2v) is 5.27. The van der Waals surface area contributed by atoms with Gasteiger partial charge in [0.05, 0.1) is 16.7 Å². The molecule has 2 aromatic carbocycles. The number of nitrogens with one attached hydrogen (secondary N) is 1. The van der Waals surface area contributed by atoms with Crippen molar-refractivity contribution in [2.45, 2.75) is 6.92 Å². The molecule has 0 atom stereocenters.